The lowest BCUT2D eigenvalue weighted by Crippen LogP contribution is -2.43. The molecule has 1 saturated heterocycles. The molecular formula is C20H24N2O4S. The average Bonchev–Trinajstić information content (AvgIpc) is 3.20. The third kappa shape index (κ3) is 4.67. The molecule has 1 atom stereocenters. The van der Waals surface area contributed by atoms with E-state index in [1.165, 1.54) is 12.3 Å². The van der Waals surface area contributed by atoms with E-state index in [4.69, 9.17) is 4.42 Å². The van der Waals surface area contributed by atoms with Gasteiger partial charge in [-0.05, 0) is 61.7 Å². The average molecular weight is 388 g/mol. The van der Waals surface area contributed by atoms with Crippen molar-refractivity contribution in [3.05, 3.63) is 54.5 Å². The summed E-state index contributed by atoms with van der Waals surface area (Å²) in [5.41, 5.74) is 0.536. The zero-order valence-corrected chi connectivity index (χ0v) is 16.1. The van der Waals surface area contributed by atoms with Gasteiger partial charge in [0.25, 0.3) is 0 Å². The summed E-state index contributed by atoms with van der Waals surface area (Å²) in [6, 6.07) is 9.85. The van der Waals surface area contributed by atoms with Gasteiger partial charge in [-0.25, -0.2) is 8.42 Å². The number of amides is 1. The van der Waals surface area contributed by atoms with Crippen LogP contribution in [0.15, 0.2) is 58.1 Å². The number of piperidine rings is 1. The fraction of sp³-hybridized carbons (Fsp3) is 0.350. The number of sulfonamides is 1. The van der Waals surface area contributed by atoms with Gasteiger partial charge in [0.15, 0.2) is 0 Å². The molecule has 0 aliphatic carbocycles. The van der Waals surface area contributed by atoms with Crippen molar-refractivity contribution in [3.8, 4) is 0 Å². The molecule has 0 bridgehead atoms. The molecule has 1 aliphatic heterocycles. The number of hydrogen-bond donors (Lipinski definition) is 1. The first-order valence-corrected chi connectivity index (χ1v) is 10.6. The SMILES string of the molecule is CCC1CCCCN1S(=O)(=O)c1ccc(NC(=O)C=Cc2ccco2)cc1. The molecule has 2 heterocycles. The van der Waals surface area contributed by atoms with Crippen LogP contribution in [-0.2, 0) is 14.8 Å². The normalized spacial score (nSPS) is 18.6. The fourth-order valence-corrected chi connectivity index (χ4v) is 5.04. The van der Waals surface area contributed by atoms with Crippen LogP contribution >= 0.6 is 0 Å². The van der Waals surface area contributed by atoms with E-state index in [9.17, 15) is 13.2 Å². The highest BCUT2D eigenvalue weighted by atomic mass is 32.2. The highest BCUT2D eigenvalue weighted by Gasteiger charge is 2.32. The quantitative estimate of drug-likeness (QED) is 0.762. The van der Waals surface area contributed by atoms with E-state index in [-0.39, 0.29) is 16.8 Å². The number of nitrogens with zero attached hydrogens (tertiary/aromatic N) is 1. The van der Waals surface area contributed by atoms with Crippen LogP contribution in [-0.4, -0.2) is 31.2 Å². The minimum absolute atomic E-state index is 0.0647. The monoisotopic (exact) mass is 388 g/mol. The number of nitrogens with one attached hydrogen (secondary N) is 1. The molecule has 1 aromatic carbocycles. The molecule has 144 valence electrons. The molecule has 3 rings (SSSR count). The summed E-state index contributed by atoms with van der Waals surface area (Å²) in [6.07, 6.45) is 8.15. The van der Waals surface area contributed by atoms with Crippen LogP contribution in [0.4, 0.5) is 5.69 Å². The van der Waals surface area contributed by atoms with E-state index in [0.29, 0.717) is 18.0 Å². The molecule has 1 amide bonds. The topological polar surface area (TPSA) is 79.6 Å². The van der Waals surface area contributed by atoms with Crippen LogP contribution in [0.3, 0.4) is 0 Å². The maximum atomic E-state index is 12.9. The number of benzene rings is 1. The van der Waals surface area contributed by atoms with Crippen molar-refractivity contribution in [1.29, 1.82) is 0 Å². The van der Waals surface area contributed by atoms with Crippen LogP contribution in [0.25, 0.3) is 6.08 Å². The van der Waals surface area contributed by atoms with Crippen molar-refractivity contribution in [2.45, 2.75) is 43.5 Å². The minimum atomic E-state index is -3.51. The Hall–Kier alpha value is -2.38. The van der Waals surface area contributed by atoms with Gasteiger partial charge in [-0.15, -0.1) is 0 Å². The van der Waals surface area contributed by atoms with Gasteiger partial charge in [0, 0.05) is 24.4 Å². The Morgan fingerprint density at radius 2 is 2.04 bits per heavy atom. The molecule has 27 heavy (non-hydrogen) atoms. The smallest absolute Gasteiger partial charge is 0.248 e. The first kappa shape index (κ1) is 19.4. The maximum absolute atomic E-state index is 12.9. The summed E-state index contributed by atoms with van der Waals surface area (Å²) in [5.74, 6) is 0.266. The van der Waals surface area contributed by atoms with Gasteiger partial charge in [-0.3, -0.25) is 4.79 Å². The third-order valence-electron chi connectivity index (χ3n) is 4.71. The molecule has 1 unspecified atom stereocenters. The number of furan rings is 1. The Labute approximate surface area is 159 Å². The largest absolute Gasteiger partial charge is 0.465 e. The number of carbonyl (C=O) groups is 1. The predicted octanol–water partition coefficient (Wildman–Crippen LogP) is 3.88. The summed E-state index contributed by atoms with van der Waals surface area (Å²) >= 11 is 0. The summed E-state index contributed by atoms with van der Waals surface area (Å²) in [7, 11) is -3.51. The van der Waals surface area contributed by atoms with Crippen molar-refractivity contribution in [2.24, 2.45) is 0 Å². The Morgan fingerprint density at radius 3 is 2.70 bits per heavy atom. The van der Waals surface area contributed by atoms with Gasteiger partial charge in [0.1, 0.15) is 5.76 Å². The number of rotatable bonds is 6. The van der Waals surface area contributed by atoms with Crippen LogP contribution in [0, 0.1) is 0 Å². The second kappa shape index (κ2) is 8.54. The molecule has 1 fully saturated rings. The van der Waals surface area contributed by atoms with Gasteiger partial charge in [-0.1, -0.05) is 13.3 Å². The van der Waals surface area contributed by atoms with Crippen LogP contribution in [0.5, 0.6) is 0 Å². The molecule has 2 aromatic rings. The molecule has 0 saturated carbocycles. The number of anilines is 1. The molecule has 6 nitrogen and oxygen atoms in total. The zero-order chi connectivity index (χ0) is 19.3. The van der Waals surface area contributed by atoms with Crippen LogP contribution < -0.4 is 5.32 Å². The minimum Gasteiger partial charge on any atom is -0.465 e. The Morgan fingerprint density at radius 1 is 1.26 bits per heavy atom. The van der Waals surface area contributed by atoms with E-state index >= 15 is 0 Å². The molecule has 1 aliphatic rings. The first-order valence-electron chi connectivity index (χ1n) is 9.15. The fourth-order valence-electron chi connectivity index (χ4n) is 3.27. The van der Waals surface area contributed by atoms with Crippen molar-refractivity contribution in [3.63, 3.8) is 0 Å². The highest BCUT2D eigenvalue weighted by molar-refractivity contribution is 7.89. The Kier molecular flexibility index (Phi) is 6.13. The summed E-state index contributed by atoms with van der Waals surface area (Å²) in [5, 5.41) is 2.71. The van der Waals surface area contributed by atoms with E-state index < -0.39 is 10.0 Å². The number of hydrogen-bond acceptors (Lipinski definition) is 4. The molecule has 7 heteroatoms. The zero-order valence-electron chi connectivity index (χ0n) is 15.3. The van der Waals surface area contributed by atoms with Gasteiger partial charge in [0.05, 0.1) is 11.2 Å². The van der Waals surface area contributed by atoms with Crippen LogP contribution in [0.2, 0.25) is 0 Å². The second-order valence-electron chi connectivity index (χ2n) is 6.54. The maximum Gasteiger partial charge on any atom is 0.248 e. The second-order valence-corrected chi connectivity index (χ2v) is 8.43. The van der Waals surface area contributed by atoms with Gasteiger partial charge in [0.2, 0.25) is 15.9 Å². The van der Waals surface area contributed by atoms with Crippen molar-refractivity contribution in [1.82, 2.24) is 4.31 Å². The number of carbonyl (C=O) groups excluding carboxylic acids is 1. The lowest BCUT2D eigenvalue weighted by atomic mass is 10.0. The van der Waals surface area contributed by atoms with E-state index in [2.05, 4.69) is 5.32 Å². The van der Waals surface area contributed by atoms with Crippen LogP contribution in [0.1, 0.15) is 38.4 Å². The summed E-state index contributed by atoms with van der Waals surface area (Å²) in [4.78, 5) is 12.2. The third-order valence-corrected chi connectivity index (χ3v) is 6.68. The van der Waals surface area contributed by atoms with Gasteiger partial charge in [-0.2, -0.15) is 4.31 Å². The lowest BCUT2D eigenvalue weighted by Gasteiger charge is -2.34. The lowest BCUT2D eigenvalue weighted by molar-refractivity contribution is -0.111. The molecule has 0 spiro atoms. The molecule has 1 aromatic heterocycles. The van der Waals surface area contributed by atoms with E-state index in [1.807, 2.05) is 6.92 Å². The van der Waals surface area contributed by atoms with E-state index in [1.54, 1.807) is 46.8 Å². The first-order chi connectivity index (χ1) is 13.0. The van der Waals surface area contributed by atoms with Gasteiger partial charge < -0.3 is 9.73 Å². The molecule has 1 N–H and O–H groups in total. The van der Waals surface area contributed by atoms with Crippen molar-refractivity contribution < 1.29 is 17.6 Å². The Balaban J connectivity index is 1.68. The molecule has 0 radical (unpaired) electrons. The van der Waals surface area contributed by atoms with Crippen molar-refractivity contribution in [2.75, 3.05) is 11.9 Å². The Bertz CT molecular complexity index is 887. The van der Waals surface area contributed by atoms with Crippen molar-refractivity contribution >= 4 is 27.7 Å². The van der Waals surface area contributed by atoms with Gasteiger partial charge >= 0.3 is 0 Å². The molecular weight excluding hydrogens is 364 g/mol. The predicted molar refractivity (Wildman–Crippen MR) is 105 cm³/mol. The highest BCUT2D eigenvalue weighted by Crippen LogP contribution is 2.27. The standard InChI is InChI=1S/C20H24N2O4S/c1-2-17-6-3-4-14-22(17)27(24,25)19-11-8-16(9-12-19)21-20(23)13-10-18-7-5-15-26-18/h5,7-13,15,17H,2-4,6,14H2,1H3,(H,21,23). The summed E-state index contributed by atoms with van der Waals surface area (Å²) < 4.78 is 32.6. The van der Waals surface area contributed by atoms with E-state index in [0.717, 1.165) is 25.7 Å². The summed E-state index contributed by atoms with van der Waals surface area (Å²) in [6.45, 7) is 2.59.